The zero-order valence-electron chi connectivity index (χ0n) is 23.7. The van der Waals surface area contributed by atoms with Crippen LogP contribution in [0.5, 0.6) is 23.0 Å². The second-order valence-corrected chi connectivity index (χ2v) is 10.7. The summed E-state index contributed by atoms with van der Waals surface area (Å²) < 4.78 is 44.1. The van der Waals surface area contributed by atoms with Gasteiger partial charge in [0.1, 0.15) is 71.8 Å². The van der Waals surface area contributed by atoms with Crippen LogP contribution in [0.3, 0.4) is 0 Å². The average Bonchev–Trinajstić information content (AvgIpc) is 3.52. The number of hydrogen-bond acceptors (Lipinski definition) is 16. The van der Waals surface area contributed by atoms with Crippen molar-refractivity contribution in [2.45, 2.75) is 61.4 Å². The fraction of sp³-hybridized carbons (Fsp3) is 0.483. The van der Waals surface area contributed by atoms with Crippen LogP contribution in [0.25, 0.3) is 22.1 Å². The Morgan fingerprint density at radius 2 is 1.51 bits per heavy atom. The summed E-state index contributed by atoms with van der Waals surface area (Å²) in [5.41, 5.74) is 0.540. The van der Waals surface area contributed by atoms with Crippen molar-refractivity contribution in [1.82, 2.24) is 0 Å². The van der Waals surface area contributed by atoms with Crippen LogP contribution in [0.15, 0.2) is 45.8 Å². The van der Waals surface area contributed by atoms with Crippen LogP contribution in [-0.2, 0) is 14.2 Å². The first-order chi connectivity index (χ1) is 21.6. The number of fused-ring (bicyclic) bond motifs is 2. The van der Waals surface area contributed by atoms with Gasteiger partial charge < -0.3 is 73.3 Å². The molecule has 0 amide bonds. The minimum Gasteiger partial charge on any atom is -0.492 e. The molecule has 7 N–H and O–H groups in total. The molecule has 0 spiro atoms. The van der Waals surface area contributed by atoms with E-state index in [1.165, 1.54) is 25.5 Å². The summed E-state index contributed by atoms with van der Waals surface area (Å²) in [6, 6.07) is 7.65. The third kappa shape index (κ3) is 5.70. The zero-order valence-corrected chi connectivity index (χ0v) is 23.7. The standard InChI is InChI=1S/C29H32O16/c1-38-27-18-14(6-15-26(27)42-10-41-15)39-8-13(19(18)31)11-2-4-12(5-3-11)43-29-25(37)23(35)21(33)17(45-29)9-40-28-24(36)22(34)20(32)16(7-30)44-28/h2-6,8,16-17,20-25,28-30,32-37H,7,9-10H2,1H3/t16-,17-,20+,21+,22+,23+,24+,25-,28+,29+/m0/s1. The monoisotopic (exact) mass is 636 g/mol. The first-order valence-corrected chi connectivity index (χ1v) is 13.9. The largest absolute Gasteiger partial charge is 0.492 e. The maximum atomic E-state index is 13.5. The Morgan fingerprint density at radius 3 is 2.20 bits per heavy atom. The summed E-state index contributed by atoms with van der Waals surface area (Å²) >= 11 is 0. The molecular formula is C29H32O16. The molecule has 0 bridgehead atoms. The highest BCUT2D eigenvalue weighted by Gasteiger charge is 2.48. The fourth-order valence-electron chi connectivity index (χ4n) is 5.40. The lowest BCUT2D eigenvalue weighted by Crippen LogP contribution is -2.62. The minimum atomic E-state index is -1.72. The van der Waals surface area contributed by atoms with Crippen molar-refractivity contribution in [2.24, 2.45) is 0 Å². The molecule has 1 aromatic heterocycles. The van der Waals surface area contributed by atoms with E-state index in [0.29, 0.717) is 17.1 Å². The van der Waals surface area contributed by atoms with E-state index in [0.717, 1.165) is 0 Å². The second-order valence-electron chi connectivity index (χ2n) is 10.7. The molecule has 0 aliphatic carbocycles. The van der Waals surface area contributed by atoms with Crippen LogP contribution >= 0.6 is 0 Å². The third-order valence-corrected chi connectivity index (χ3v) is 7.92. The Hall–Kier alpha value is -3.55. The molecule has 16 heteroatoms. The maximum Gasteiger partial charge on any atom is 0.231 e. The number of hydrogen-bond donors (Lipinski definition) is 7. The number of benzene rings is 2. The maximum absolute atomic E-state index is 13.5. The summed E-state index contributed by atoms with van der Waals surface area (Å²) in [5.74, 6) is 1.05. The van der Waals surface area contributed by atoms with E-state index in [1.54, 1.807) is 18.2 Å². The molecule has 2 aromatic carbocycles. The summed E-state index contributed by atoms with van der Waals surface area (Å²) in [6.07, 6.45) is -14.2. The number of aliphatic hydroxyl groups excluding tert-OH is 7. The predicted molar refractivity (Wildman–Crippen MR) is 148 cm³/mol. The first-order valence-electron chi connectivity index (χ1n) is 13.9. The Kier molecular flexibility index (Phi) is 8.86. The van der Waals surface area contributed by atoms with E-state index >= 15 is 0 Å². The topological polar surface area (TPSA) is 236 Å². The molecule has 2 saturated heterocycles. The number of aliphatic hydroxyl groups is 7. The third-order valence-electron chi connectivity index (χ3n) is 7.92. The molecule has 4 heterocycles. The van der Waals surface area contributed by atoms with Gasteiger partial charge in [-0.05, 0) is 17.7 Å². The van der Waals surface area contributed by atoms with Crippen LogP contribution in [-0.4, -0.2) is 124 Å². The van der Waals surface area contributed by atoms with Crippen molar-refractivity contribution in [3.05, 3.63) is 46.8 Å². The van der Waals surface area contributed by atoms with Gasteiger partial charge in [-0.2, -0.15) is 0 Å². The van der Waals surface area contributed by atoms with Gasteiger partial charge in [0.25, 0.3) is 0 Å². The van der Waals surface area contributed by atoms with E-state index in [9.17, 15) is 40.5 Å². The molecule has 0 radical (unpaired) electrons. The van der Waals surface area contributed by atoms with Crippen LogP contribution in [0.2, 0.25) is 0 Å². The van der Waals surface area contributed by atoms with Gasteiger partial charge in [0, 0.05) is 6.07 Å². The first kappa shape index (κ1) is 31.4. The molecule has 45 heavy (non-hydrogen) atoms. The molecule has 3 aliphatic rings. The molecule has 16 nitrogen and oxygen atoms in total. The molecule has 0 saturated carbocycles. The molecule has 10 atom stereocenters. The van der Waals surface area contributed by atoms with Crippen LogP contribution < -0.4 is 24.4 Å². The Balaban J connectivity index is 1.16. The predicted octanol–water partition coefficient (Wildman–Crippen LogP) is -1.80. The van der Waals surface area contributed by atoms with E-state index in [1.807, 2.05) is 0 Å². The molecule has 6 rings (SSSR count). The molecule has 0 unspecified atom stereocenters. The number of ether oxygens (including phenoxy) is 7. The van der Waals surface area contributed by atoms with E-state index in [2.05, 4.69) is 0 Å². The molecule has 2 fully saturated rings. The lowest BCUT2D eigenvalue weighted by molar-refractivity contribution is -0.323. The highest BCUT2D eigenvalue weighted by atomic mass is 16.7. The van der Waals surface area contributed by atoms with E-state index in [4.69, 9.17) is 37.6 Å². The fourth-order valence-corrected chi connectivity index (χ4v) is 5.40. The van der Waals surface area contributed by atoms with Gasteiger partial charge in [0.05, 0.1) is 25.9 Å². The normalized spacial score (nSPS) is 32.9. The highest BCUT2D eigenvalue weighted by molar-refractivity contribution is 5.91. The van der Waals surface area contributed by atoms with E-state index in [-0.39, 0.29) is 40.3 Å². The van der Waals surface area contributed by atoms with Crippen molar-refractivity contribution < 1.29 is 73.3 Å². The smallest absolute Gasteiger partial charge is 0.231 e. The molecule has 3 aromatic rings. The summed E-state index contributed by atoms with van der Waals surface area (Å²) in [7, 11) is 1.40. The van der Waals surface area contributed by atoms with Crippen LogP contribution in [0.4, 0.5) is 0 Å². The summed E-state index contributed by atoms with van der Waals surface area (Å²) in [6.45, 7) is -1.20. The zero-order chi connectivity index (χ0) is 32.0. The van der Waals surface area contributed by atoms with Crippen molar-refractivity contribution in [3.8, 4) is 34.1 Å². The van der Waals surface area contributed by atoms with Gasteiger partial charge in [-0.1, -0.05) is 12.1 Å². The molecular weight excluding hydrogens is 604 g/mol. The summed E-state index contributed by atoms with van der Waals surface area (Å²) in [5, 5.41) is 71.1. The van der Waals surface area contributed by atoms with Gasteiger partial charge in [-0.15, -0.1) is 0 Å². The lowest BCUT2D eigenvalue weighted by Gasteiger charge is -2.42. The van der Waals surface area contributed by atoms with Gasteiger partial charge >= 0.3 is 0 Å². The van der Waals surface area contributed by atoms with Crippen molar-refractivity contribution >= 4 is 11.0 Å². The highest BCUT2D eigenvalue weighted by Crippen LogP contribution is 2.45. The Bertz CT molecular complexity index is 1560. The SMILES string of the molecule is COc1c2c(cc3occ(-c4ccc(O[C@@H]5O[C@@H](CO[C@@H]6O[C@@H](CO)[C@@H](O)[C@@H](O)[C@H]6O)[C@@H](O)[C@@H](O)[C@@H]5O)cc4)c(=O)c13)OCO2. The Morgan fingerprint density at radius 1 is 0.844 bits per heavy atom. The second kappa shape index (κ2) is 12.7. The van der Waals surface area contributed by atoms with Gasteiger partial charge in [-0.3, -0.25) is 4.79 Å². The van der Waals surface area contributed by atoms with E-state index < -0.39 is 74.6 Å². The number of methoxy groups -OCH3 is 1. The van der Waals surface area contributed by atoms with Crippen molar-refractivity contribution in [3.63, 3.8) is 0 Å². The lowest BCUT2D eigenvalue weighted by atomic mass is 9.98. The molecule has 3 aliphatic heterocycles. The molecule has 244 valence electrons. The minimum absolute atomic E-state index is 0.0219. The van der Waals surface area contributed by atoms with Crippen molar-refractivity contribution in [2.75, 3.05) is 27.1 Å². The quantitative estimate of drug-likeness (QED) is 0.144. The average molecular weight is 637 g/mol. The van der Waals surface area contributed by atoms with Gasteiger partial charge in [0.15, 0.2) is 17.8 Å². The Labute approximate surface area is 254 Å². The van der Waals surface area contributed by atoms with Crippen LogP contribution in [0, 0.1) is 0 Å². The van der Waals surface area contributed by atoms with Crippen molar-refractivity contribution in [1.29, 1.82) is 0 Å². The van der Waals surface area contributed by atoms with Crippen LogP contribution in [0.1, 0.15) is 0 Å². The van der Waals surface area contributed by atoms with Gasteiger partial charge in [0.2, 0.25) is 24.3 Å². The summed E-state index contributed by atoms with van der Waals surface area (Å²) in [4.78, 5) is 13.5. The van der Waals surface area contributed by atoms with Gasteiger partial charge in [-0.25, -0.2) is 0 Å². The number of rotatable bonds is 8.